The number of carbonyl (C=O) groups is 1. The van der Waals surface area contributed by atoms with Crippen LogP contribution in [0, 0.1) is 0 Å². The Hall–Kier alpha value is -2.91. The topological polar surface area (TPSA) is 82.4 Å². The van der Waals surface area contributed by atoms with Crippen LogP contribution >= 0.6 is 23.5 Å². The molecule has 0 radical (unpaired) electrons. The molecule has 1 atom stereocenters. The van der Waals surface area contributed by atoms with Crippen LogP contribution in [0.3, 0.4) is 0 Å². The minimum atomic E-state index is -0.124. The molecule has 0 fully saturated rings. The number of ether oxygens (including phenoxy) is 2. The van der Waals surface area contributed by atoms with E-state index in [0.717, 1.165) is 28.1 Å². The minimum absolute atomic E-state index is 0.0264. The first kappa shape index (κ1) is 21.9. The van der Waals surface area contributed by atoms with Gasteiger partial charge >= 0.3 is 0 Å². The van der Waals surface area contributed by atoms with Crippen LogP contribution in [0.25, 0.3) is 0 Å². The third-order valence-electron chi connectivity index (χ3n) is 5.41. The van der Waals surface area contributed by atoms with Crippen LogP contribution in [0.5, 0.6) is 11.5 Å². The number of benzene rings is 2. The molecule has 2 aliphatic heterocycles. The Labute approximate surface area is 199 Å². The zero-order chi connectivity index (χ0) is 22.8. The molecular formula is C24H23N3O4S2. The van der Waals surface area contributed by atoms with Gasteiger partial charge in [-0.2, -0.15) is 0 Å². The number of fused-ring (bicyclic) bond motifs is 2. The Kier molecular flexibility index (Phi) is 6.32. The molecule has 33 heavy (non-hydrogen) atoms. The Balaban J connectivity index is 1.29. The van der Waals surface area contributed by atoms with Crippen molar-refractivity contribution in [3.63, 3.8) is 0 Å². The second-order valence-electron chi connectivity index (χ2n) is 7.93. The van der Waals surface area contributed by atoms with E-state index >= 15 is 0 Å². The molecule has 0 saturated heterocycles. The van der Waals surface area contributed by atoms with Gasteiger partial charge in [0.15, 0.2) is 16.7 Å². The highest BCUT2D eigenvalue weighted by atomic mass is 32.2. The maximum Gasteiger partial charge on any atom is 0.268 e. The largest absolute Gasteiger partial charge is 0.454 e. The van der Waals surface area contributed by atoms with Crippen molar-refractivity contribution in [3.8, 4) is 11.5 Å². The van der Waals surface area contributed by atoms with Gasteiger partial charge in [0, 0.05) is 18.2 Å². The first-order chi connectivity index (χ1) is 16.1. The predicted octanol–water partition coefficient (Wildman–Crippen LogP) is 3.47. The average molecular weight is 482 g/mol. The van der Waals surface area contributed by atoms with Crippen LogP contribution in [0.4, 0.5) is 0 Å². The third kappa shape index (κ3) is 4.89. The van der Waals surface area contributed by atoms with E-state index in [1.807, 2.05) is 48.5 Å². The number of nitrogens with one attached hydrogen (secondary N) is 1. The zero-order valence-corrected chi connectivity index (χ0v) is 19.7. The third-order valence-corrected chi connectivity index (χ3v) is 7.60. The Bertz CT molecular complexity index is 1250. The second kappa shape index (κ2) is 9.52. The molecule has 7 nitrogen and oxygen atoms in total. The molecule has 3 heterocycles. The van der Waals surface area contributed by atoms with Crippen LogP contribution in [-0.4, -0.2) is 33.3 Å². The summed E-state index contributed by atoms with van der Waals surface area (Å²) in [6.45, 7) is 3.13. The van der Waals surface area contributed by atoms with Crippen molar-refractivity contribution >= 4 is 29.4 Å². The van der Waals surface area contributed by atoms with E-state index in [0.29, 0.717) is 35.0 Å². The van der Waals surface area contributed by atoms with E-state index in [1.165, 1.54) is 11.8 Å². The average Bonchev–Trinajstić information content (AvgIpc) is 3.44. The first-order valence-corrected chi connectivity index (χ1v) is 12.6. The van der Waals surface area contributed by atoms with Crippen molar-refractivity contribution in [1.29, 1.82) is 0 Å². The summed E-state index contributed by atoms with van der Waals surface area (Å²) in [7, 11) is 0. The summed E-state index contributed by atoms with van der Waals surface area (Å²) in [5.74, 6) is 1.46. The number of amides is 1. The lowest BCUT2D eigenvalue weighted by Crippen LogP contribution is -2.28. The standard InChI is InChI=1S/C24H23N3O4S2/c1-15-9-18-22(33-15)23(29)27(12-16-5-3-2-4-6-16)24(26-18)32-13-21(28)25-11-17-7-8-19-20(10-17)31-14-30-19/h2-8,10,15H,9,11-14H2,1H3,(H,25,28). The fourth-order valence-electron chi connectivity index (χ4n) is 3.78. The van der Waals surface area contributed by atoms with Gasteiger partial charge in [0.25, 0.3) is 5.56 Å². The first-order valence-electron chi connectivity index (χ1n) is 10.7. The number of thioether (sulfide) groups is 2. The molecule has 0 aliphatic carbocycles. The van der Waals surface area contributed by atoms with Gasteiger partial charge < -0.3 is 14.8 Å². The van der Waals surface area contributed by atoms with Crippen molar-refractivity contribution in [2.45, 2.75) is 41.7 Å². The molecule has 2 aromatic carbocycles. The molecule has 0 spiro atoms. The number of nitrogens with zero attached hydrogens (tertiary/aromatic N) is 2. The van der Waals surface area contributed by atoms with E-state index in [4.69, 9.17) is 14.5 Å². The molecule has 5 rings (SSSR count). The molecule has 0 saturated carbocycles. The van der Waals surface area contributed by atoms with Crippen molar-refractivity contribution in [1.82, 2.24) is 14.9 Å². The Morgan fingerprint density at radius 1 is 1.18 bits per heavy atom. The molecule has 1 amide bonds. The molecule has 2 aliphatic rings. The van der Waals surface area contributed by atoms with Crippen LogP contribution in [0.2, 0.25) is 0 Å². The van der Waals surface area contributed by atoms with Crippen LogP contribution in [0.15, 0.2) is 63.4 Å². The molecule has 9 heteroatoms. The smallest absolute Gasteiger partial charge is 0.268 e. The van der Waals surface area contributed by atoms with Gasteiger partial charge in [0.05, 0.1) is 22.9 Å². The Morgan fingerprint density at radius 2 is 2.00 bits per heavy atom. The maximum atomic E-state index is 13.2. The van der Waals surface area contributed by atoms with E-state index in [2.05, 4.69) is 12.2 Å². The van der Waals surface area contributed by atoms with E-state index in [9.17, 15) is 9.59 Å². The summed E-state index contributed by atoms with van der Waals surface area (Å²) < 4.78 is 12.4. The minimum Gasteiger partial charge on any atom is -0.454 e. The lowest BCUT2D eigenvalue weighted by Gasteiger charge is -2.14. The van der Waals surface area contributed by atoms with Gasteiger partial charge in [-0.25, -0.2) is 4.98 Å². The van der Waals surface area contributed by atoms with Crippen molar-refractivity contribution in [2.75, 3.05) is 12.5 Å². The summed E-state index contributed by atoms with van der Waals surface area (Å²) in [6.07, 6.45) is 0.769. The molecule has 3 aromatic rings. The molecule has 0 bridgehead atoms. The number of aromatic nitrogens is 2. The molecular weight excluding hydrogens is 458 g/mol. The monoisotopic (exact) mass is 481 g/mol. The van der Waals surface area contributed by atoms with Crippen LogP contribution < -0.4 is 20.3 Å². The highest BCUT2D eigenvalue weighted by molar-refractivity contribution is 8.00. The summed E-state index contributed by atoms with van der Waals surface area (Å²) in [6, 6.07) is 15.4. The molecule has 1 unspecified atom stereocenters. The van der Waals surface area contributed by atoms with E-state index in [1.54, 1.807) is 16.3 Å². The quantitative estimate of drug-likeness (QED) is 0.409. The van der Waals surface area contributed by atoms with Crippen molar-refractivity contribution in [3.05, 3.63) is 75.7 Å². The van der Waals surface area contributed by atoms with Crippen LogP contribution in [0.1, 0.15) is 23.7 Å². The van der Waals surface area contributed by atoms with Gasteiger partial charge in [0.1, 0.15) is 0 Å². The zero-order valence-electron chi connectivity index (χ0n) is 18.1. The summed E-state index contributed by atoms with van der Waals surface area (Å²) in [5.41, 5.74) is 2.76. The van der Waals surface area contributed by atoms with Gasteiger partial charge in [0.2, 0.25) is 12.7 Å². The van der Waals surface area contributed by atoms with Gasteiger partial charge in [-0.15, -0.1) is 11.8 Å². The van der Waals surface area contributed by atoms with E-state index < -0.39 is 0 Å². The Morgan fingerprint density at radius 3 is 2.85 bits per heavy atom. The number of hydrogen-bond donors (Lipinski definition) is 1. The maximum absolute atomic E-state index is 13.2. The lowest BCUT2D eigenvalue weighted by atomic mass is 10.2. The number of hydrogen-bond acceptors (Lipinski definition) is 7. The molecule has 1 N–H and O–H groups in total. The summed E-state index contributed by atoms with van der Waals surface area (Å²) in [4.78, 5) is 31.3. The molecule has 170 valence electrons. The fraction of sp³-hybridized carbons (Fsp3) is 0.292. The summed E-state index contributed by atoms with van der Waals surface area (Å²) >= 11 is 2.88. The van der Waals surface area contributed by atoms with Crippen LogP contribution in [-0.2, 0) is 24.3 Å². The fourth-order valence-corrected chi connectivity index (χ4v) is 5.74. The SMILES string of the molecule is CC1Cc2nc(SCC(=O)NCc3ccc4c(c3)OCO4)n(Cc3ccccc3)c(=O)c2S1. The lowest BCUT2D eigenvalue weighted by molar-refractivity contribution is -0.118. The number of carbonyl (C=O) groups excluding carboxylic acids is 1. The van der Waals surface area contributed by atoms with Crippen molar-refractivity contribution in [2.24, 2.45) is 0 Å². The predicted molar refractivity (Wildman–Crippen MR) is 128 cm³/mol. The number of rotatable bonds is 7. The second-order valence-corrected chi connectivity index (χ2v) is 10.3. The van der Waals surface area contributed by atoms with Gasteiger partial charge in [-0.3, -0.25) is 14.2 Å². The highest BCUT2D eigenvalue weighted by Gasteiger charge is 2.26. The normalized spacial score (nSPS) is 16.0. The van der Waals surface area contributed by atoms with Gasteiger partial charge in [-0.05, 0) is 23.3 Å². The van der Waals surface area contributed by atoms with Crippen molar-refractivity contribution < 1.29 is 14.3 Å². The summed E-state index contributed by atoms with van der Waals surface area (Å²) in [5, 5.41) is 3.84. The van der Waals surface area contributed by atoms with E-state index in [-0.39, 0.29) is 24.0 Å². The molecule has 1 aromatic heterocycles. The highest BCUT2D eigenvalue weighted by Crippen LogP contribution is 2.34. The van der Waals surface area contributed by atoms with Gasteiger partial charge in [-0.1, -0.05) is 55.1 Å².